The smallest absolute Gasteiger partial charge is 0.254 e. The average molecular weight is 307 g/mol. The molecule has 0 bridgehead atoms. The number of aromatic nitrogens is 2. The summed E-state index contributed by atoms with van der Waals surface area (Å²) in [7, 11) is 0. The number of hydrogen-bond donors (Lipinski definition) is 3. The van der Waals surface area contributed by atoms with Gasteiger partial charge in [-0.3, -0.25) is 9.59 Å². The molecular formula is C16H25N3O3. The highest BCUT2D eigenvalue weighted by Crippen LogP contribution is 2.24. The van der Waals surface area contributed by atoms with Gasteiger partial charge in [0.25, 0.3) is 5.56 Å². The van der Waals surface area contributed by atoms with Crippen LogP contribution in [-0.2, 0) is 11.2 Å². The van der Waals surface area contributed by atoms with Crippen LogP contribution in [0.25, 0.3) is 0 Å². The Labute approximate surface area is 130 Å². The van der Waals surface area contributed by atoms with Crippen molar-refractivity contribution in [1.82, 2.24) is 15.3 Å². The summed E-state index contributed by atoms with van der Waals surface area (Å²) < 4.78 is 0. The molecule has 1 saturated carbocycles. The van der Waals surface area contributed by atoms with Gasteiger partial charge in [-0.05, 0) is 33.1 Å². The number of nitrogens with zero attached hydrogens (tertiary/aromatic N) is 1. The van der Waals surface area contributed by atoms with Crippen LogP contribution in [0.5, 0.6) is 0 Å². The highest BCUT2D eigenvalue weighted by molar-refractivity contribution is 5.76. The normalized spacial score (nSPS) is 21.6. The molecule has 0 aliphatic heterocycles. The van der Waals surface area contributed by atoms with Gasteiger partial charge >= 0.3 is 0 Å². The lowest BCUT2D eigenvalue weighted by Gasteiger charge is -2.30. The Morgan fingerprint density at radius 1 is 1.36 bits per heavy atom. The molecule has 1 amide bonds. The first-order valence-electron chi connectivity index (χ1n) is 7.98. The van der Waals surface area contributed by atoms with Gasteiger partial charge in [-0.15, -0.1) is 0 Å². The van der Waals surface area contributed by atoms with E-state index in [1.54, 1.807) is 13.8 Å². The minimum Gasteiger partial charge on any atom is -0.396 e. The maximum atomic E-state index is 12.1. The van der Waals surface area contributed by atoms with Crippen molar-refractivity contribution < 1.29 is 9.90 Å². The molecule has 0 spiro atoms. The molecule has 1 aliphatic rings. The monoisotopic (exact) mass is 307 g/mol. The van der Waals surface area contributed by atoms with Crippen LogP contribution in [0.2, 0.25) is 0 Å². The number of aryl methyl sites for hydroxylation is 2. The molecule has 0 aromatic carbocycles. The fourth-order valence-electron chi connectivity index (χ4n) is 3.18. The summed E-state index contributed by atoms with van der Waals surface area (Å²) in [5, 5.41) is 12.4. The maximum Gasteiger partial charge on any atom is 0.254 e. The van der Waals surface area contributed by atoms with Crippen molar-refractivity contribution in [3.8, 4) is 0 Å². The number of aliphatic hydroxyl groups excluding tert-OH is 1. The first-order chi connectivity index (χ1) is 10.5. The van der Waals surface area contributed by atoms with Gasteiger partial charge in [0.1, 0.15) is 5.82 Å². The first kappa shape index (κ1) is 16.7. The van der Waals surface area contributed by atoms with Crippen LogP contribution in [0.1, 0.15) is 49.2 Å². The van der Waals surface area contributed by atoms with Gasteiger partial charge in [0.2, 0.25) is 5.91 Å². The number of carbonyl (C=O) groups is 1. The zero-order valence-electron chi connectivity index (χ0n) is 13.3. The van der Waals surface area contributed by atoms with E-state index in [9.17, 15) is 14.7 Å². The van der Waals surface area contributed by atoms with Crippen molar-refractivity contribution in [2.75, 3.05) is 6.61 Å². The maximum absolute atomic E-state index is 12.1. The molecule has 3 N–H and O–H groups in total. The predicted octanol–water partition coefficient (Wildman–Crippen LogP) is 0.987. The molecular weight excluding hydrogens is 282 g/mol. The van der Waals surface area contributed by atoms with Gasteiger partial charge in [0.05, 0.1) is 0 Å². The largest absolute Gasteiger partial charge is 0.396 e. The lowest BCUT2D eigenvalue weighted by Crippen LogP contribution is -2.43. The molecule has 1 aliphatic carbocycles. The van der Waals surface area contributed by atoms with E-state index in [0.29, 0.717) is 23.5 Å². The molecule has 1 aromatic heterocycles. The van der Waals surface area contributed by atoms with Gasteiger partial charge in [-0.2, -0.15) is 0 Å². The first-order valence-corrected chi connectivity index (χ1v) is 7.98. The number of aromatic amines is 1. The molecule has 6 heteroatoms. The highest BCUT2D eigenvalue weighted by atomic mass is 16.3. The molecule has 6 nitrogen and oxygen atoms in total. The van der Waals surface area contributed by atoms with Crippen LogP contribution in [0.15, 0.2) is 4.79 Å². The molecule has 2 atom stereocenters. The summed E-state index contributed by atoms with van der Waals surface area (Å²) in [6.45, 7) is 3.65. The van der Waals surface area contributed by atoms with Gasteiger partial charge in [0, 0.05) is 36.2 Å². The summed E-state index contributed by atoms with van der Waals surface area (Å²) >= 11 is 0. The van der Waals surface area contributed by atoms with Crippen LogP contribution in [0, 0.1) is 19.8 Å². The summed E-state index contributed by atoms with van der Waals surface area (Å²) in [5.41, 5.74) is 1.09. The van der Waals surface area contributed by atoms with E-state index in [4.69, 9.17) is 0 Å². The minimum atomic E-state index is -0.163. The quantitative estimate of drug-likeness (QED) is 0.756. The second-order valence-corrected chi connectivity index (χ2v) is 6.12. The summed E-state index contributed by atoms with van der Waals surface area (Å²) in [6, 6.07) is 0.0572. The van der Waals surface area contributed by atoms with Crippen molar-refractivity contribution in [1.29, 1.82) is 0 Å². The standard InChI is InChI=1S/C16H25N3O3/c1-10-13(16(22)18-11(2)17-10)7-8-15(21)19-14-6-4-3-5-12(14)9-20/h12,14,20H,3-9H2,1-2H3,(H,19,21)(H,17,18,22). The Bertz CT molecular complexity index is 582. The Balaban J connectivity index is 1.92. The molecule has 22 heavy (non-hydrogen) atoms. The van der Waals surface area contributed by atoms with E-state index in [1.807, 2.05) is 0 Å². The number of rotatable bonds is 5. The highest BCUT2D eigenvalue weighted by Gasteiger charge is 2.25. The Hall–Kier alpha value is -1.69. The second kappa shape index (κ2) is 7.54. The molecule has 1 heterocycles. The zero-order valence-corrected chi connectivity index (χ0v) is 13.3. The van der Waals surface area contributed by atoms with E-state index in [0.717, 1.165) is 25.7 Å². The number of aliphatic hydroxyl groups is 1. The van der Waals surface area contributed by atoms with Crippen molar-refractivity contribution in [3.05, 3.63) is 27.4 Å². The fourth-order valence-corrected chi connectivity index (χ4v) is 3.18. The molecule has 1 aromatic rings. The minimum absolute atomic E-state index is 0.0572. The predicted molar refractivity (Wildman–Crippen MR) is 83.6 cm³/mol. The number of H-pyrrole nitrogens is 1. The zero-order chi connectivity index (χ0) is 16.1. The third-order valence-electron chi connectivity index (χ3n) is 4.43. The lowest BCUT2D eigenvalue weighted by molar-refractivity contribution is -0.122. The van der Waals surface area contributed by atoms with E-state index < -0.39 is 0 Å². The third-order valence-corrected chi connectivity index (χ3v) is 4.43. The van der Waals surface area contributed by atoms with Crippen LogP contribution in [-0.4, -0.2) is 33.6 Å². The SMILES string of the molecule is Cc1nc(C)c(CCC(=O)NC2CCCCC2CO)c(=O)[nH]1. The van der Waals surface area contributed by atoms with E-state index >= 15 is 0 Å². The van der Waals surface area contributed by atoms with Crippen molar-refractivity contribution in [2.24, 2.45) is 5.92 Å². The van der Waals surface area contributed by atoms with Gasteiger partial charge in [-0.1, -0.05) is 12.8 Å². The summed E-state index contributed by atoms with van der Waals surface area (Å²) in [5.74, 6) is 0.678. The topological polar surface area (TPSA) is 95.1 Å². The van der Waals surface area contributed by atoms with Crippen LogP contribution < -0.4 is 10.9 Å². The van der Waals surface area contributed by atoms with Crippen LogP contribution in [0.4, 0.5) is 0 Å². The fraction of sp³-hybridized carbons (Fsp3) is 0.688. The number of amides is 1. The number of hydrogen-bond acceptors (Lipinski definition) is 4. The van der Waals surface area contributed by atoms with Crippen molar-refractivity contribution in [3.63, 3.8) is 0 Å². The lowest BCUT2D eigenvalue weighted by atomic mass is 9.85. The number of nitrogens with one attached hydrogen (secondary N) is 2. The second-order valence-electron chi connectivity index (χ2n) is 6.12. The number of carbonyl (C=O) groups excluding carboxylic acids is 1. The Morgan fingerprint density at radius 2 is 2.09 bits per heavy atom. The van der Waals surface area contributed by atoms with Crippen molar-refractivity contribution >= 4 is 5.91 Å². The molecule has 2 unspecified atom stereocenters. The molecule has 2 rings (SSSR count). The van der Waals surface area contributed by atoms with E-state index in [2.05, 4.69) is 15.3 Å². The third kappa shape index (κ3) is 4.16. The molecule has 0 radical (unpaired) electrons. The summed E-state index contributed by atoms with van der Waals surface area (Å²) in [6.07, 6.45) is 4.73. The molecule has 122 valence electrons. The van der Waals surface area contributed by atoms with Crippen molar-refractivity contribution in [2.45, 2.75) is 58.4 Å². The Kier molecular flexibility index (Phi) is 5.71. The van der Waals surface area contributed by atoms with Gasteiger partial charge in [0.15, 0.2) is 0 Å². The Morgan fingerprint density at radius 3 is 2.77 bits per heavy atom. The van der Waals surface area contributed by atoms with E-state index in [1.165, 1.54) is 0 Å². The van der Waals surface area contributed by atoms with Crippen LogP contribution in [0.3, 0.4) is 0 Å². The average Bonchev–Trinajstić information content (AvgIpc) is 2.46. The van der Waals surface area contributed by atoms with E-state index in [-0.39, 0.29) is 36.5 Å². The van der Waals surface area contributed by atoms with Crippen LogP contribution >= 0.6 is 0 Å². The van der Waals surface area contributed by atoms with Gasteiger partial charge in [-0.25, -0.2) is 4.98 Å². The molecule has 1 fully saturated rings. The van der Waals surface area contributed by atoms with Gasteiger partial charge < -0.3 is 15.4 Å². The summed E-state index contributed by atoms with van der Waals surface area (Å²) in [4.78, 5) is 30.9. The molecule has 0 saturated heterocycles.